The van der Waals surface area contributed by atoms with Crippen molar-refractivity contribution in [2.24, 2.45) is 17.6 Å². The zero-order valence-corrected chi connectivity index (χ0v) is 11.8. The maximum Gasteiger partial charge on any atom is 0.133 e. The molecule has 2 rings (SSSR count). The Morgan fingerprint density at radius 2 is 1.94 bits per heavy atom. The Morgan fingerprint density at radius 3 is 2.50 bits per heavy atom. The van der Waals surface area contributed by atoms with Crippen LogP contribution in [0.3, 0.4) is 0 Å². The van der Waals surface area contributed by atoms with Crippen LogP contribution in [0.5, 0.6) is 0 Å². The summed E-state index contributed by atoms with van der Waals surface area (Å²) in [6, 6.07) is 4.13. The van der Waals surface area contributed by atoms with Gasteiger partial charge in [0.05, 0.1) is 0 Å². The largest absolute Gasteiger partial charge is 0.356 e. The molecule has 3 heteroatoms. The van der Waals surface area contributed by atoms with Crippen molar-refractivity contribution in [2.45, 2.75) is 39.7 Å². The van der Waals surface area contributed by atoms with Crippen LogP contribution in [0.2, 0.25) is 0 Å². The van der Waals surface area contributed by atoms with Gasteiger partial charge in [-0.25, -0.2) is 4.98 Å². The summed E-state index contributed by atoms with van der Waals surface area (Å²) in [5.41, 5.74) is 7.20. The van der Waals surface area contributed by atoms with Crippen LogP contribution in [0.1, 0.15) is 45.2 Å². The summed E-state index contributed by atoms with van der Waals surface area (Å²) in [5.74, 6) is 2.75. The number of aromatic nitrogens is 1. The highest BCUT2D eigenvalue weighted by molar-refractivity contribution is 5.48. The summed E-state index contributed by atoms with van der Waals surface area (Å²) >= 11 is 0. The monoisotopic (exact) mass is 247 g/mol. The molecule has 1 aromatic rings. The number of nitrogens with zero attached hydrogens (tertiary/aromatic N) is 2. The Labute approximate surface area is 110 Å². The van der Waals surface area contributed by atoms with Crippen LogP contribution in [0.4, 0.5) is 5.82 Å². The van der Waals surface area contributed by atoms with Gasteiger partial charge in [-0.3, -0.25) is 0 Å². The minimum atomic E-state index is 0.0523. The Morgan fingerprint density at radius 1 is 1.28 bits per heavy atom. The van der Waals surface area contributed by atoms with Crippen molar-refractivity contribution in [1.29, 1.82) is 0 Å². The maximum atomic E-state index is 6.03. The normalized spacial score (nSPS) is 19.3. The first kappa shape index (κ1) is 13.3. The summed E-state index contributed by atoms with van der Waals surface area (Å²) in [5, 5.41) is 0. The molecular formula is C15H25N3. The smallest absolute Gasteiger partial charge is 0.133 e. The van der Waals surface area contributed by atoms with Crippen molar-refractivity contribution in [1.82, 2.24) is 4.98 Å². The molecule has 0 amide bonds. The van der Waals surface area contributed by atoms with Gasteiger partial charge in [0, 0.05) is 30.9 Å². The van der Waals surface area contributed by atoms with Crippen LogP contribution >= 0.6 is 0 Å². The molecule has 2 N–H and O–H groups in total. The Kier molecular flexibility index (Phi) is 4.23. The van der Waals surface area contributed by atoms with Crippen LogP contribution in [0.25, 0.3) is 0 Å². The van der Waals surface area contributed by atoms with Crippen LogP contribution in [0.15, 0.2) is 18.3 Å². The molecular weight excluding hydrogens is 222 g/mol. The van der Waals surface area contributed by atoms with Gasteiger partial charge in [0.2, 0.25) is 0 Å². The van der Waals surface area contributed by atoms with Gasteiger partial charge in [0.25, 0.3) is 0 Å². The minimum Gasteiger partial charge on any atom is -0.356 e. The van der Waals surface area contributed by atoms with Crippen LogP contribution in [-0.4, -0.2) is 18.1 Å². The first-order chi connectivity index (χ1) is 8.59. The van der Waals surface area contributed by atoms with Gasteiger partial charge in [-0.2, -0.15) is 0 Å². The predicted molar refractivity (Wildman–Crippen MR) is 76.6 cm³/mol. The number of nitrogens with two attached hydrogens (primary N) is 1. The molecule has 2 heterocycles. The number of rotatable bonds is 3. The predicted octanol–water partition coefficient (Wildman–Crippen LogP) is 2.97. The molecule has 1 aliphatic rings. The van der Waals surface area contributed by atoms with Gasteiger partial charge in [-0.05, 0) is 37.7 Å². The number of piperidine rings is 1. The van der Waals surface area contributed by atoms with E-state index < -0.39 is 0 Å². The van der Waals surface area contributed by atoms with E-state index in [-0.39, 0.29) is 6.04 Å². The lowest BCUT2D eigenvalue weighted by Crippen LogP contribution is -2.36. The van der Waals surface area contributed by atoms with E-state index in [4.69, 9.17) is 5.73 Å². The SMILES string of the molecule is CC(C)C1CCN(c2ncccc2[C@@H](C)N)CC1. The molecule has 1 aromatic heterocycles. The van der Waals surface area contributed by atoms with Crippen molar-refractivity contribution >= 4 is 5.82 Å². The first-order valence-electron chi connectivity index (χ1n) is 7.05. The fourth-order valence-electron chi connectivity index (χ4n) is 2.81. The standard InChI is InChI=1S/C15H25N3/c1-11(2)13-6-9-18(10-7-13)15-14(12(3)16)5-4-8-17-15/h4-5,8,11-13H,6-7,9-10,16H2,1-3H3/t12-/m1/s1. The summed E-state index contributed by atoms with van der Waals surface area (Å²) in [4.78, 5) is 6.94. The summed E-state index contributed by atoms with van der Waals surface area (Å²) < 4.78 is 0. The Hall–Kier alpha value is -1.09. The van der Waals surface area contributed by atoms with Crippen LogP contribution in [0, 0.1) is 11.8 Å². The molecule has 1 aliphatic heterocycles. The van der Waals surface area contributed by atoms with Gasteiger partial charge in [-0.15, -0.1) is 0 Å². The average molecular weight is 247 g/mol. The third-order valence-corrected chi connectivity index (χ3v) is 4.09. The molecule has 0 saturated carbocycles. The van der Waals surface area contributed by atoms with E-state index in [0.29, 0.717) is 0 Å². The third-order valence-electron chi connectivity index (χ3n) is 4.09. The topological polar surface area (TPSA) is 42.2 Å². The number of pyridine rings is 1. The second-order valence-electron chi connectivity index (χ2n) is 5.77. The van der Waals surface area contributed by atoms with E-state index in [1.807, 2.05) is 19.2 Å². The molecule has 0 aromatic carbocycles. The lowest BCUT2D eigenvalue weighted by Gasteiger charge is -2.35. The van der Waals surface area contributed by atoms with E-state index in [1.54, 1.807) is 0 Å². The molecule has 3 nitrogen and oxygen atoms in total. The van der Waals surface area contributed by atoms with Crippen molar-refractivity contribution < 1.29 is 0 Å². The molecule has 18 heavy (non-hydrogen) atoms. The molecule has 0 spiro atoms. The average Bonchev–Trinajstić information content (AvgIpc) is 2.39. The van der Waals surface area contributed by atoms with E-state index >= 15 is 0 Å². The van der Waals surface area contributed by atoms with E-state index in [0.717, 1.165) is 30.7 Å². The molecule has 100 valence electrons. The van der Waals surface area contributed by atoms with Gasteiger partial charge < -0.3 is 10.6 Å². The Balaban J connectivity index is 2.10. The molecule has 0 unspecified atom stereocenters. The van der Waals surface area contributed by atoms with Gasteiger partial charge in [-0.1, -0.05) is 19.9 Å². The van der Waals surface area contributed by atoms with E-state index in [2.05, 4.69) is 29.8 Å². The van der Waals surface area contributed by atoms with Crippen LogP contribution < -0.4 is 10.6 Å². The zero-order chi connectivity index (χ0) is 13.1. The second-order valence-corrected chi connectivity index (χ2v) is 5.77. The first-order valence-corrected chi connectivity index (χ1v) is 7.05. The lowest BCUT2D eigenvalue weighted by molar-refractivity contribution is 0.310. The molecule has 0 bridgehead atoms. The minimum absolute atomic E-state index is 0.0523. The number of anilines is 1. The number of hydrogen-bond donors (Lipinski definition) is 1. The summed E-state index contributed by atoms with van der Waals surface area (Å²) in [7, 11) is 0. The maximum absolute atomic E-state index is 6.03. The molecule has 1 atom stereocenters. The van der Waals surface area contributed by atoms with Crippen molar-refractivity contribution in [3.05, 3.63) is 23.9 Å². The van der Waals surface area contributed by atoms with E-state index in [1.165, 1.54) is 18.4 Å². The van der Waals surface area contributed by atoms with Crippen LogP contribution in [-0.2, 0) is 0 Å². The fraction of sp³-hybridized carbons (Fsp3) is 0.667. The Bertz CT molecular complexity index is 379. The summed E-state index contributed by atoms with van der Waals surface area (Å²) in [6.07, 6.45) is 4.41. The number of hydrogen-bond acceptors (Lipinski definition) is 3. The van der Waals surface area contributed by atoms with Crippen molar-refractivity contribution in [2.75, 3.05) is 18.0 Å². The highest BCUT2D eigenvalue weighted by Gasteiger charge is 2.24. The van der Waals surface area contributed by atoms with Gasteiger partial charge in [0.1, 0.15) is 5.82 Å². The van der Waals surface area contributed by atoms with E-state index in [9.17, 15) is 0 Å². The highest BCUT2D eigenvalue weighted by Crippen LogP contribution is 2.29. The van der Waals surface area contributed by atoms with Gasteiger partial charge in [0.15, 0.2) is 0 Å². The summed E-state index contributed by atoms with van der Waals surface area (Å²) in [6.45, 7) is 8.91. The van der Waals surface area contributed by atoms with Crippen molar-refractivity contribution in [3.63, 3.8) is 0 Å². The molecule has 0 radical (unpaired) electrons. The molecule has 0 aliphatic carbocycles. The van der Waals surface area contributed by atoms with Crippen molar-refractivity contribution in [3.8, 4) is 0 Å². The van der Waals surface area contributed by atoms with Gasteiger partial charge >= 0.3 is 0 Å². The molecule has 1 fully saturated rings. The fourth-order valence-corrected chi connectivity index (χ4v) is 2.81. The highest BCUT2D eigenvalue weighted by atomic mass is 15.2. The quantitative estimate of drug-likeness (QED) is 0.893. The third kappa shape index (κ3) is 2.83. The lowest BCUT2D eigenvalue weighted by atomic mass is 9.86. The second kappa shape index (κ2) is 5.70. The molecule has 1 saturated heterocycles. The zero-order valence-electron chi connectivity index (χ0n) is 11.8.